The Morgan fingerprint density at radius 1 is 1.16 bits per heavy atom. The Hall–Kier alpha value is -1.67. The standard InChI is InChI=1S/C17H22N2/c1-3-10-19-17(15-7-5-4-6-8-15)13-16-12-14(2)9-11-18-16/h4-9,11-12,17,19H,3,10,13H2,1-2H3. The molecule has 0 amide bonds. The zero-order chi connectivity index (χ0) is 13.5. The lowest BCUT2D eigenvalue weighted by molar-refractivity contribution is 0.524. The van der Waals surface area contributed by atoms with E-state index in [9.17, 15) is 0 Å². The van der Waals surface area contributed by atoms with Crippen LogP contribution in [0, 0.1) is 6.92 Å². The van der Waals surface area contributed by atoms with Gasteiger partial charge in [0.25, 0.3) is 0 Å². The van der Waals surface area contributed by atoms with Crippen molar-refractivity contribution < 1.29 is 0 Å². The minimum Gasteiger partial charge on any atom is -0.310 e. The van der Waals surface area contributed by atoms with Gasteiger partial charge in [-0.25, -0.2) is 0 Å². The Labute approximate surface area is 115 Å². The van der Waals surface area contributed by atoms with Crippen molar-refractivity contribution in [2.45, 2.75) is 32.7 Å². The first-order valence-electron chi connectivity index (χ1n) is 6.99. The molecule has 1 unspecified atom stereocenters. The van der Waals surface area contributed by atoms with Gasteiger partial charge in [0.05, 0.1) is 0 Å². The Morgan fingerprint density at radius 3 is 2.63 bits per heavy atom. The average Bonchev–Trinajstić information content (AvgIpc) is 2.44. The summed E-state index contributed by atoms with van der Waals surface area (Å²) < 4.78 is 0. The van der Waals surface area contributed by atoms with Gasteiger partial charge in [-0.15, -0.1) is 0 Å². The molecule has 1 aromatic carbocycles. The molecule has 1 N–H and O–H groups in total. The summed E-state index contributed by atoms with van der Waals surface area (Å²) in [6.45, 7) is 5.34. The molecule has 1 atom stereocenters. The second-order valence-electron chi connectivity index (χ2n) is 4.95. The molecule has 0 aliphatic heterocycles. The summed E-state index contributed by atoms with van der Waals surface area (Å²) in [5.74, 6) is 0. The van der Waals surface area contributed by atoms with Crippen LogP contribution in [0.2, 0.25) is 0 Å². The van der Waals surface area contributed by atoms with Gasteiger partial charge in [-0.1, -0.05) is 37.3 Å². The summed E-state index contributed by atoms with van der Waals surface area (Å²) in [6.07, 6.45) is 3.98. The molecule has 2 heteroatoms. The zero-order valence-electron chi connectivity index (χ0n) is 11.8. The molecule has 19 heavy (non-hydrogen) atoms. The fraction of sp³-hybridized carbons (Fsp3) is 0.353. The number of hydrogen-bond donors (Lipinski definition) is 1. The van der Waals surface area contributed by atoms with E-state index in [1.807, 2.05) is 12.3 Å². The Morgan fingerprint density at radius 2 is 1.95 bits per heavy atom. The van der Waals surface area contributed by atoms with E-state index >= 15 is 0 Å². The largest absolute Gasteiger partial charge is 0.310 e. The highest BCUT2D eigenvalue weighted by Crippen LogP contribution is 2.17. The lowest BCUT2D eigenvalue weighted by atomic mass is 10.0. The first kappa shape index (κ1) is 13.8. The van der Waals surface area contributed by atoms with Crippen molar-refractivity contribution in [2.24, 2.45) is 0 Å². The van der Waals surface area contributed by atoms with E-state index in [0.717, 1.165) is 25.1 Å². The number of pyridine rings is 1. The molecule has 1 aromatic heterocycles. The fourth-order valence-corrected chi connectivity index (χ4v) is 2.23. The predicted octanol–water partition coefficient (Wildman–Crippen LogP) is 3.67. The molecule has 2 aromatic rings. The van der Waals surface area contributed by atoms with Crippen molar-refractivity contribution in [3.63, 3.8) is 0 Å². The molecule has 0 aliphatic carbocycles. The minimum absolute atomic E-state index is 0.343. The first-order chi connectivity index (χ1) is 9.29. The summed E-state index contributed by atoms with van der Waals surface area (Å²) in [4.78, 5) is 4.47. The van der Waals surface area contributed by atoms with Crippen LogP contribution in [-0.4, -0.2) is 11.5 Å². The van der Waals surface area contributed by atoms with Crippen LogP contribution in [0.3, 0.4) is 0 Å². The van der Waals surface area contributed by atoms with Crippen LogP contribution >= 0.6 is 0 Å². The molecule has 0 aliphatic rings. The van der Waals surface area contributed by atoms with Gasteiger partial charge in [0.15, 0.2) is 0 Å². The van der Waals surface area contributed by atoms with Crippen molar-refractivity contribution in [2.75, 3.05) is 6.54 Å². The number of benzene rings is 1. The smallest absolute Gasteiger partial charge is 0.0425 e. The van der Waals surface area contributed by atoms with E-state index in [-0.39, 0.29) is 0 Å². The molecule has 0 radical (unpaired) electrons. The molecular weight excluding hydrogens is 232 g/mol. The van der Waals surface area contributed by atoms with Gasteiger partial charge in [-0.2, -0.15) is 0 Å². The van der Waals surface area contributed by atoms with Crippen LogP contribution < -0.4 is 5.32 Å². The molecule has 0 fully saturated rings. The molecule has 0 bridgehead atoms. The lowest BCUT2D eigenvalue weighted by Gasteiger charge is -2.19. The van der Waals surface area contributed by atoms with Crippen LogP contribution in [0.15, 0.2) is 48.7 Å². The third-order valence-electron chi connectivity index (χ3n) is 3.23. The lowest BCUT2D eigenvalue weighted by Crippen LogP contribution is -2.24. The van der Waals surface area contributed by atoms with Crippen molar-refractivity contribution >= 4 is 0 Å². The maximum atomic E-state index is 4.47. The number of rotatable bonds is 6. The summed E-state index contributed by atoms with van der Waals surface area (Å²) in [6, 6.07) is 15.2. The van der Waals surface area contributed by atoms with E-state index in [1.165, 1.54) is 11.1 Å². The maximum Gasteiger partial charge on any atom is 0.0425 e. The summed E-state index contributed by atoms with van der Waals surface area (Å²) in [7, 11) is 0. The van der Waals surface area contributed by atoms with Crippen LogP contribution in [0.5, 0.6) is 0 Å². The summed E-state index contributed by atoms with van der Waals surface area (Å²) in [5.41, 5.74) is 3.75. The van der Waals surface area contributed by atoms with Crippen LogP contribution in [-0.2, 0) is 6.42 Å². The Kier molecular flexibility index (Phi) is 5.10. The van der Waals surface area contributed by atoms with Crippen molar-refractivity contribution in [3.8, 4) is 0 Å². The van der Waals surface area contributed by atoms with Gasteiger partial charge in [0.1, 0.15) is 0 Å². The summed E-state index contributed by atoms with van der Waals surface area (Å²) in [5, 5.41) is 3.61. The second-order valence-corrected chi connectivity index (χ2v) is 4.95. The number of aryl methyl sites for hydroxylation is 1. The number of hydrogen-bond acceptors (Lipinski definition) is 2. The molecule has 0 saturated heterocycles. The van der Waals surface area contributed by atoms with Crippen LogP contribution in [0.1, 0.15) is 36.2 Å². The second kappa shape index (κ2) is 7.05. The Bertz CT molecular complexity index is 494. The minimum atomic E-state index is 0.343. The normalized spacial score (nSPS) is 12.3. The number of nitrogens with one attached hydrogen (secondary N) is 1. The maximum absolute atomic E-state index is 4.47. The number of aromatic nitrogens is 1. The zero-order valence-corrected chi connectivity index (χ0v) is 11.8. The van der Waals surface area contributed by atoms with Crippen molar-refractivity contribution in [1.29, 1.82) is 0 Å². The van der Waals surface area contributed by atoms with Gasteiger partial charge in [0, 0.05) is 24.4 Å². The van der Waals surface area contributed by atoms with Crippen molar-refractivity contribution in [1.82, 2.24) is 10.3 Å². The van der Waals surface area contributed by atoms with E-state index < -0.39 is 0 Å². The average molecular weight is 254 g/mol. The Balaban J connectivity index is 2.14. The van der Waals surface area contributed by atoms with E-state index in [2.05, 4.69) is 60.5 Å². The van der Waals surface area contributed by atoms with E-state index in [1.54, 1.807) is 0 Å². The third kappa shape index (κ3) is 4.18. The number of nitrogens with zero attached hydrogens (tertiary/aromatic N) is 1. The summed E-state index contributed by atoms with van der Waals surface area (Å²) >= 11 is 0. The first-order valence-corrected chi connectivity index (χ1v) is 6.99. The fourth-order valence-electron chi connectivity index (χ4n) is 2.23. The molecule has 0 saturated carbocycles. The van der Waals surface area contributed by atoms with Crippen LogP contribution in [0.4, 0.5) is 0 Å². The van der Waals surface area contributed by atoms with Crippen LogP contribution in [0.25, 0.3) is 0 Å². The predicted molar refractivity (Wildman–Crippen MR) is 80.2 cm³/mol. The van der Waals surface area contributed by atoms with Gasteiger partial charge >= 0.3 is 0 Å². The monoisotopic (exact) mass is 254 g/mol. The topological polar surface area (TPSA) is 24.9 Å². The van der Waals surface area contributed by atoms with Gasteiger partial charge in [-0.3, -0.25) is 4.98 Å². The van der Waals surface area contributed by atoms with Gasteiger partial charge < -0.3 is 5.32 Å². The SMILES string of the molecule is CCCNC(Cc1cc(C)ccn1)c1ccccc1. The molecule has 2 rings (SSSR count). The molecule has 0 spiro atoms. The molecular formula is C17H22N2. The van der Waals surface area contributed by atoms with E-state index in [0.29, 0.717) is 6.04 Å². The van der Waals surface area contributed by atoms with Gasteiger partial charge in [0.2, 0.25) is 0 Å². The molecule has 2 nitrogen and oxygen atoms in total. The van der Waals surface area contributed by atoms with Crippen molar-refractivity contribution in [3.05, 3.63) is 65.5 Å². The molecule has 1 heterocycles. The molecule has 100 valence electrons. The quantitative estimate of drug-likeness (QED) is 0.850. The van der Waals surface area contributed by atoms with E-state index in [4.69, 9.17) is 0 Å². The highest BCUT2D eigenvalue weighted by molar-refractivity contribution is 5.22. The third-order valence-corrected chi connectivity index (χ3v) is 3.23. The highest BCUT2D eigenvalue weighted by atomic mass is 14.9. The highest BCUT2D eigenvalue weighted by Gasteiger charge is 2.11. The van der Waals surface area contributed by atoms with Gasteiger partial charge in [-0.05, 0) is 43.1 Å².